The molecule has 6 rings (SSSR count). The predicted octanol–water partition coefficient (Wildman–Crippen LogP) is 5.32. The van der Waals surface area contributed by atoms with Crippen LogP contribution in [-0.4, -0.2) is 16.4 Å². The maximum atomic E-state index is 10.3. The molecule has 0 saturated heterocycles. The number of aromatic hydroxyl groups is 2. The van der Waals surface area contributed by atoms with Crippen molar-refractivity contribution in [1.82, 2.24) is 0 Å². The Morgan fingerprint density at radius 2 is 1.46 bits per heavy atom. The minimum Gasteiger partial charge on any atom is -0.508 e. The zero-order valence-electron chi connectivity index (χ0n) is 14.9. The van der Waals surface area contributed by atoms with Crippen molar-refractivity contribution >= 4 is 11.9 Å². The molecule has 0 amide bonds. The van der Waals surface area contributed by atoms with Crippen LogP contribution in [0.4, 0.5) is 5.69 Å². The van der Waals surface area contributed by atoms with Gasteiger partial charge in [0.1, 0.15) is 11.5 Å². The molecule has 0 aliphatic heterocycles. The van der Waals surface area contributed by atoms with Gasteiger partial charge in [-0.2, -0.15) is 0 Å². The minimum absolute atomic E-state index is 0.232. The van der Waals surface area contributed by atoms with Crippen LogP contribution in [0.5, 0.6) is 11.5 Å². The molecule has 3 heteroatoms. The molecule has 0 unspecified atom stereocenters. The Kier molecular flexibility index (Phi) is 3.59. The van der Waals surface area contributed by atoms with Gasteiger partial charge in [0.2, 0.25) is 0 Å². The third-order valence-electron chi connectivity index (χ3n) is 6.88. The second kappa shape index (κ2) is 5.87. The first-order chi connectivity index (χ1) is 12.6. The van der Waals surface area contributed by atoms with Gasteiger partial charge in [0.05, 0.1) is 5.69 Å². The summed E-state index contributed by atoms with van der Waals surface area (Å²) in [5.74, 6) is 3.23. The molecule has 4 aliphatic carbocycles. The molecule has 0 spiro atoms. The van der Waals surface area contributed by atoms with Crippen molar-refractivity contribution < 1.29 is 10.2 Å². The molecule has 4 saturated carbocycles. The van der Waals surface area contributed by atoms with E-state index < -0.39 is 0 Å². The van der Waals surface area contributed by atoms with Gasteiger partial charge >= 0.3 is 0 Å². The highest BCUT2D eigenvalue weighted by Crippen LogP contribution is 2.60. The van der Waals surface area contributed by atoms with Crippen LogP contribution in [0.3, 0.4) is 0 Å². The third-order valence-corrected chi connectivity index (χ3v) is 6.88. The summed E-state index contributed by atoms with van der Waals surface area (Å²) in [6.07, 6.45) is 10.0. The van der Waals surface area contributed by atoms with Crippen molar-refractivity contribution in [3.8, 4) is 11.5 Å². The average molecular weight is 347 g/mol. The monoisotopic (exact) mass is 347 g/mol. The van der Waals surface area contributed by atoms with Crippen LogP contribution in [0.15, 0.2) is 47.5 Å². The van der Waals surface area contributed by atoms with Gasteiger partial charge in [-0.1, -0.05) is 6.07 Å². The molecule has 0 atom stereocenters. The summed E-state index contributed by atoms with van der Waals surface area (Å²) < 4.78 is 0. The number of benzene rings is 2. The highest BCUT2D eigenvalue weighted by Gasteiger charge is 2.51. The number of hydrogen-bond donors (Lipinski definition) is 2. The summed E-state index contributed by atoms with van der Waals surface area (Å²) in [5, 5.41) is 19.7. The highest BCUT2D eigenvalue weighted by molar-refractivity contribution is 5.85. The van der Waals surface area contributed by atoms with Crippen LogP contribution in [-0.2, 0) is 5.41 Å². The van der Waals surface area contributed by atoms with Crippen molar-refractivity contribution in [3.05, 3.63) is 53.6 Å². The van der Waals surface area contributed by atoms with Gasteiger partial charge in [-0.3, -0.25) is 4.99 Å². The summed E-state index contributed by atoms with van der Waals surface area (Å²) in [7, 11) is 0. The number of phenolic OH excluding ortho intramolecular Hbond substituents is 2. The van der Waals surface area contributed by atoms with E-state index in [0.29, 0.717) is 5.41 Å². The quantitative estimate of drug-likeness (QED) is 0.739. The first kappa shape index (κ1) is 15.9. The van der Waals surface area contributed by atoms with Gasteiger partial charge in [0, 0.05) is 11.8 Å². The summed E-state index contributed by atoms with van der Waals surface area (Å²) in [6.45, 7) is 0. The molecular weight excluding hydrogens is 322 g/mol. The number of hydrogen-bond acceptors (Lipinski definition) is 3. The molecule has 0 aromatic heterocycles. The van der Waals surface area contributed by atoms with Gasteiger partial charge in [0.25, 0.3) is 0 Å². The van der Waals surface area contributed by atoms with Crippen molar-refractivity contribution in [2.45, 2.75) is 43.9 Å². The zero-order valence-corrected chi connectivity index (χ0v) is 14.9. The maximum absolute atomic E-state index is 10.3. The molecule has 4 fully saturated rings. The lowest BCUT2D eigenvalue weighted by Crippen LogP contribution is -2.48. The first-order valence-electron chi connectivity index (χ1n) is 9.76. The molecular formula is C23H25NO2. The standard InChI is InChI=1S/C23H25NO2/c25-21-4-2-20(3-5-21)24-14-18-10-19(1-6-22(18)26)23-11-15-7-16(12-23)9-17(8-15)13-23/h1-6,10,14-17,25-26H,7-9,11-13H2. The fraction of sp³-hybridized carbons (Fsp3) is 0.435. The smallest absolute Gasteiger partial charge is 0.124 e. The molecule has 3 nitrogen and oxygen atoms in total. The third kappa shape index (κ3) is 2.70. The van der Waals surface area contributed by atoms with E-state index in [2.05, 4.69) is 17.1 Å². The van der Waals surface area contributed by atoms with E-state index >= 15 is 0 Å². The minimum atomic E-state index is 0.232. The van der Waals surface area contributed by atoms with Crippen molar-refractivity contribution in [2.75, 3.05) is 0 Å². The lowest BCUT2D eigenvalue weighted by atomic mass is 9.48. The second-order valence-corrected chi connectivity index (χ2v) is 8.75. The molecule has 0 heterocycles. The number of phenols is 2. The van der Waals surface area contributed by atoms with Crippen molar-refractivity contribution in [2.24, 2.45) is 22.7 Å². The van der Waals surface area contributed by atoms with E-state index in [1.54, 1.807) is 30.5 Å². The first-order valence-corrected chi connectivity index (χ1v) is 9.76. The Bertz CT molecular complexity index is 818. The van der Waals surface area contributed by atoms with Gasteiger partial charge in [-0.25, -0.2) is 0 Å². The van der Waals surface area contributed by atoms with Crippen LogP contribution < -0.4 is 0 Å². The van der Waals surface area contributed by atoms with E-state index in [-0.39, 0.29) is 11.5 Å². The fourth-order valence-electron chi connectivity index (χ4n) is 6.13. The molecule has 0 radical (unpaired) electrons. The average Bonchev–Trinajstić information content (AvgIpc) is 2.61. The van der Waals surface area contributed by atoms with Gasteiger partial charge in [-0.05, 0) is 104 Å². The summed E-state index contributed by atoms with van der Waals surface area (Å²) in [6, 6.07) is 12.9. The lowest BCUT2D eigenvalue weighted by molar-refractivity contribution is -0.00520. The topological polar surface area (TPSA) is 52.8 Å². The lowest BCUT2D eigenvalue weighted by Gasteiger charge is -2.57. The van der Waals surface area contributed by atoms with Crippen LogP contribution >= 0.6 is 0 Å². The normalized spacial score (nSPS) is 32.4. The molecule has 4 aliphatic rings. The fourth-order valence-corrected chi connectivity index (χ4v) is 6.13. The summed E-state index contributed by atoms with van der Waals surface area (Å²) >= 11 is 0. The molecule has 4 bridgehead atoms. The highest BCUT2D eigenvalue weighted by atomic mass is 16.3. The van der Waals surface area contributed by atoms with E-state index in [4.69, 9.17) is 0 Å². The number of nitrogens with zero attached hydrogens (tertiary/aromatic N) is 1. The number of aliphatic imine (C=N–C) groups is 1. The molecule has 2 aromatic carbocycles. The van der Waals surface area contributed by atoms with E-state index in [0.717, 1.165) is 29.0 Å². The molecule has 2 N–H and O–H groups in total. The second-order valence-electron chi connectivity index (χ2n) is 8.75. The predicted molar refractivity (Wildman–Crippen MR) is 103 cm³/mol. The molecule has 26 heavy (non-hydrogen) atoms. The Labute approximate surface area is 154 Å². The van der Waals surface area contributed by atoms with Gasteiger partial charge in [0.15, 0.2) is 0 Å². The maximum Gasteiger partial charge on any atom is 0.124 e. The Morgan fingerprint density at radius 3 is 2.08 bits per heavy atom. The van der Waals surface area contributed by atoms with Crippen molar-refractivity contribution in [3.63, 3.8) is 0 Å². The van der Waals surface area contributed by atoms with Crippen LogP contribution in [0.25, 0.3) is 0 Å². The molecule has 2 aromatic rings. The molecule has 134 valence electrons. The van der Waals surface area contributed by atoms with Gasteiger partial charge < -0.3 is 10.2 Å². The SMILES string of the molecule is Oc1ccc(N=Cc2cc(C34CC5CC(CC(C5)C3)C4)ccc2O)cc1. The largest absolute Gasteiger partial charge is 0.508 e. The van der Waals surface area contributed by atoms with Crippen LogP contribution in [0.1, 0.15) is 49.7 Å². The van der Waals surface area contributed by atoms with Crippen molar-refractivity contribution in [1.29, 1.82) is 0 Å². The Morgan fingerprint density at radius 1 is 0.846 bits per heavy atom. The summed E-state index contributed by atoms with van der Waals surface area (Å²) in [5.41, 5.74) is 3.26. The van der Waals surface area contributed by atoms with Crippen LogP contribution in [0.2, 0.25) is 0 Å². The van der Waals surface area contributed by atoms with E-state index in [9.17, 15) is 10.2 Å². The Hall–Kier alpha value is -2.29. The zero-order chi connectivity index (χ0) is 17.7. The van der Waals surface area contributed by atoms with E-state index in [1.165, 1.54) is 44.1 Å². The number of rotatable bonds is 3. The van der Waals surface area contributed by atoms with Gasteiger partial charge in [-0.15, -0.1) is 0 Å². The Balaban J connectivity index is 1.46. The van der Waals surface area contributed by atoms with E-state index in [1.807, 2.05) is 6.07 Å². The van der Waals surface area contributed by atoms with Crippen LogP contribution in [0, 0.1) is 17.8 Å². The summed E-state index contributed by atoms with van der Waals surface area (Å²) in [4.78, 5) is 4.47.